The zero-order chi connectivity index (χ0) is 25.8. The van der Waals surface area contributed by atoms with Gasteiger partial charge in [0.1, 0.15) is 28.8 Å². The summed E-state index contributed by atoms with van der Waals surface area (Å²) in [4.78, 5) is 26.6. The molecule has 1 heterocycles. The van der Waals surface area contributed by atoms with Crippen LogP contribution in [0.5, 0.6) is 11.5 Å². The van der Waals surface area contributed by atoms with Gasteiger partial charge in [0.15, 0.2) is 0 Å². The fourth-order valence-electron chi connectivity index (χ4n) is 4.19. The summed E-state index contributed by atoms with van der Waals surface area (Å²) < 4.78 is 33.8. The van der Waals surface area contributed by atoms with Crippen LogP contribution in [-0.2, 0) is 24.2 Å². The van der Waals surface area contributed by atoms with E-state index in [1.165, 1.54) is 24.3 Å². The molecule has 0 radical (unpaired) electrons. The van der Waals surface area contributed by atoms with E-state index in [1.807, 2.05) is 19.1 Å². The highest BCUT2D eigenvalue weighted by atomic mass is 19.1. The van der Waals surface area contributed by atoms with Gasteiger partial charge in [-0.1, -0.05) is 13.0 Å². The topological polar surface area (TPSA) is 91.4 Å². The lowest BCUT2D eigenvalue weighted by Crippen LogP contribution is -2.23. The molecule has 3 aromatic carbocycles. The van der Waals surface area contributed by atoms with Gasteiger partial charge in [-0.05, 0) is 84.5 Å². The third-order valence-corrected chi connectivity index (χ3v) is 6.03. The van der Waals surface area contributed by atoms with Gasteiger partial charge in [0.2, 0.25) is 0 Å². The van der Waals surface area contributed by atoms with Crippen LogP contribution in [0.25, 0.3) is 10.9 Å². The lowest BCUT2D eigenvalue weighted by molar-refractivity contribution is -0.136. The number of nitrogens with one attached hydrogen (secondary N) is 2. The van der Waals surface area contributed by atoms with Crippen LogP contribution in [-0.4, -0.2) is 22.0 Å². The molecule has 0 atom stereocenters. The molecule has 0 unspecified atom stereocenters. The number of aromatic amines is 1. The predicted molar refractivity (Wildman–Crippen MR) is 132 cm³/mol. The van der Waals surface area contributed by atoms with Gasteiger partial charge in [-0.2, -0.15) is 0 Å². The average Bonchev–Trinajstić information content (AvgIpc) is 3.17. The van der Waals surface area contributed by atoms with Crippen molar-refractivity contribution in [3.05, 3.63) is 94.2 Å². The van der Waals surface area contributed by atoms with Crippen LogP contribution in [0, 0.1) is 18.6 Å². The van der Waals surface area contributed by atoms with E-state index in [9.17, 15) is 18.4 Å². The van der Waals surface area contributed by atoms with E-state index in [0.29, 0.717) is 46.3 Å². The minimum atomic E-state index is -0.856. The Bertz CT molecular complexity index is 1450. The smallest absolute Gasteiger partial charge is 0.303 e. The van der Waals surface area contributed by atoms with E-state index in [2.05, 4.69) is 10.3 Å². The molecule has 0 aliphatic rings. The molecule has 8 heteroatoms. The Morgan fingerprint density at radius 2 is 1.78 bits per heavy atom. The molecule has 1 amide bonds. The summed E-state index contributed by atoms with van der Waals surface area (Å²) in [5, 5.41) is 12.3. The summed E-state index contributed by atoms with van der Waals surface area (Å²) in [6, 6.07) is 13.9. The Hall–Kier alpha value is -4.20. The SMILES string of the molecule is CCc1cc(Oc2cc(F)cc(CNC(=O)c3[nH]c4ccc(F)cc4c3C)c2)ccc1CCC(=O)O. The Balaban J connectivity index is 1.47. The summed E-state index contributed by atoms with van der Waals surface area (Å²) >= 11 is 0. The molecule has 0 bridgehead atoms. The maximum absolute atomic E-state index is 14.3. The fraction of sp³-hybridized carbons (Fsp3) is 0.214. The maximum Gasteiger partial charge on any atom is 0.303 e. The summed E-state index contributed by atoms with van der Waals surface area (Å²) in [5.74, 6) is -1.36. The number of benzene rings is 3. The van der Waals surface area contributed by atoms with Crippen LogP contribution in [0.15, 0.2) is 54.6 Å². The first-order valence-corrected chi connectivity index (χ1v) is 11.6. The molecule has 0 fully saturated rings. The van der Waals surface area contributed by atoms with Crippen molar-refractivity contribution in [2.75, 3.05) is 0 Å². The molecule has 36 heavy (non-hydrogen) atoms. The van der Waals surface area contributed by atoms with Crippen molar-refractivity contribution in [1.82, 2.24) is 10.3 Å². The first-order chi connectivity index (χ1) is 17.2. The molecule has 0 aliphatic heterocycles. The van der Waals surface area contributed by atoms with Gasteiger partial charge in [-0.25, -0.2) is 8.78 Å². The van der Waals surface area contributed by atoms with Gasteiger partial charge in [-0.15, -0.1) is 0 Å². The molecule has 0 saturated carbocycles. The zero-order valence-electron chi connectivity index (χ0n) is 20.0. The van der Waals surface area contributed by atoms with Crippen molar-refractivity contribution in [2.45, 2.75) is 39.7 Å². The van der Waals surface area contributed by atoms with E-state index < -0.39 is 11.8 Å². The number of carbonyl (C=O) groups excluding carboxylic acids is 1. The van der Waals surface area contributed by atoms with Crippen molar-refractivity contribution in [2.24, 2.45) is 0 Å². The molecule has 6 nitrogen and oxygen atoms in total. The van der Waals surface area contributed by atoms with Crippen LogP contribution < -0.4 is 10.1 Å². The number of carboxylic acids is 1. The Morgan fingerprint density at radius 1 is 0.972 bits per heavy atom. The van der Waals surface area contributed by atoms with Gasteiger partial charge >= 0.3 is 5.97 Å². The largest absolute Gasteiger partial charge is 0.481 e. The van der Waals surface area contributed by atoms with Crippen molar-refractivity contribution < 1.29 is 28.2 Å². The second-order valence-electron chi connectivity index (χ2n) is 8.57. The second kappa shape index (κ2) is 10.6. The number of aromatic nitrogens is 1. The lowest BCUT2D eigenvalue weighted by Gasteiger charge is -2.12. The molecule has 0 spiro atoms. The molecule has 186 valence electrons. The zero-order valence-corrected chi connectivity index (χ0v) is 20.0. The van der Waals surface area contributed by atoms with E-state index in [4.69, 9.17) is 9.84 Å². The second-order valence-corrected chi connectivity index (χ2v) is 8.57. The van der Waals surface area contributed by atoms with Crippen molar-refractivity contribution >= 4 is 22.8 Å². The normalized spacial score (nSPS) is 11.0. The monoisotopic (exact) mass is 492 g/mol. The van der Waals surface area contributed by atoms with Crippen LogP contribution in [0.3, 0.4) is 0 Å². The Kier molecular flexibility index (Phi) is 7.33. The predicted octanol–water partition coefficient (Wildman–Crippen LogP) is 6.06. The van der Waals surface area contributed by atoms with Gasteiger partial charge in [0.05, 0.1) is 0 Å². The Morgan fingerprint density at radius 3 is 2.53 bits per heavy atom. The van der Waals surface area contributed by atoms with Crippen molar-refractivity contribution in [3.63, 3.8) is 0 Å². The highest BCUT2D eigenvalue weighted by Crippen LogP contribution is 2.27. The van der Waals surface area contributed by atoms with Crippen LogP contribution in [0.2, 0.25) is 0 Å². The number of aliphatic carboxylic acids is 1. The van der Waals surface area contributed by atoms with Gasteiger partial charge in [0, 0.05) is 29.9 Å². The van der Waals surface area contributed by atoms with Crippen molar-refractivity contribution in [3.8, 4) is 11.5 Å². The molecular weight excluding hydrogens is 466 g/mol. The number of hydrogen-bond acceptors (Lipinski definition) is 3. The number of rotatable bonds is 9. The van der Waals surface area contributed by atoms with Crippen LogP contribution in [0.4, 0.5) is 8.78 Å². The number of ether oxygens (including phenoxy) is 1. The standard InChI is InChI=1S/C28H26F2N2O4/c1-3-18-12-22(7-4-19(18)5-9-26(33)34)36-23-11-17(10-21(30)13-23)15-31-28(35)27-16(2)24-14-20(29)6-8-25(24)32-27/h4,6-8,10-14,32H,3,5,9,15H2,1-2H3,(H,31,35)(H,33,34). The molecule has 1 aromatic heterocycles. The summed E-state index contributed by atoms with van der Waals surface area (Å²) in [6.07, 6.45) is 1.17. The quantitative estimate of drug-likeness (QED) is 0.265. The van der Waals surface area contributed by atoms with E-state index in [-0.39, 0.29) is 30.4 Å². The van der Waals surface area contributed by atoms with E-state index >= 15 is 0 Å². The molecule has 0 aliphatic carbocycles. The van der Waals surface area contributed by atoms with Gasteiger partial charge in [-0.3, -0.25) is 9.59 Å². The summed E-state index contributed by atoms with van der Waals surface area (Å²) in [6.45, 7) is 3.76. The first-order valence-electron chi connectivity index (χ1n) is 11.6. The average molecular weight is 493 g/mol. The number of amides is 1. The number of hydrogen-bond donors (Lipinski definition) is 3. The fourth-order valence-corrected chi connectivity index (χ4v) is 4.19. The third kappa shape index (κ3) is 5.71. The first kappa shape index (κ1) is 24.9. The van der Waals surface area contributed by atoms with Crippen LogP contribution >= 0.6 is 0 Å². The lowest BCUT2D eigenvalue weighted by atomic mass is 10.0. The number of H-pyrrole nitrogens is 1. The highest BCUT2D eigenvalue weighted by molar-refractivity contribution is 6.00. The summed E-state index contributed by atoms with van der Waals surface area (Å²) in [7, 11) is 0. The minimum Gasteiger partial charge on any atom is -0.481 e. The molecule has 4 rings (SSSR count). The third-order valence-electron chi connectivity index (χ3n) is 6.03. The van der Waals surface area contributed by atoms with E-state index in [1.54, 1.807) is 25.1 Å². The molecule has 4 aromatic rings. The van der Waals surface area contributed by atoms with Crippen molar-refractivity contribution in [1.29, 1.82) is 0 Å². The molecule has 0 saturated heterocycles. The number of carboxylic acid groups (broad SMARTS) is 1. The van der Waals surface area contributed by atoms with Gasteiger partial charge < -0.3 is 20.1 Å². The number of halogens is 2. The Labute approximate surface area is 206 Å². The molecular formula is C28H26F2N2O4. The maximum atomic E-state index is 14.3. The number of fused-ring (bicyclic) bond motifs is 1. The highest BCUT2D eigenvalue weighted by Gasteiger charge is 2.15. The number of aryl methyl sites for hydroxylation is 3. The van der Waals surface area contributed by atoms with E-state index in [0.717, 1.165) is 11.1 Å². The minimum absolute atomic E-state index is 0.0428. The molecule has 3 N–H and O–H groups in total. The van der Waals surface area contributed by atoms with Crippen LogP contribution in [0.1, 0.15) is 46.1 Å². The summed E-state index contributed by atoms with van der Waals surface area (Å²) in [5.41, 5.74) is 4.01. The van der Waals surface area contributed by atoms with Gasteiger partial charge in [0.25, 0.3) is 5.91 Å². The number of carbonyl (C=O) groups is 2.